The Kier molecular flexibility index (Phi) is 6.71. The van der Waals surface area contributed by atoms with Gasteiger partial charge < -0.3 is 10.1 Å². The fraction of sp³-hybridized carbons (Fsp3) is 0.235. The highest BCUT2D eigenvalue weighted by molar-refractivity contribution is 7.93. The molecule has 0 aliphatic carbocycles. The van der Waals surface area contributed by atoms with Gasteiger partial charge in [0.2, 0.25) is 10.0 Å². The van der Waals surface area contributed by atoms with Gasteiger partial charge in [-0.3, -0.25) is 4.79 Å². The number of rotatable bonds is 7. The van der Waals surface area contributed by atoms with E-state index in [0.29, 0.717) is 16.3 Å². The topological polar surface area (TPSA) is 133 Å². The highest BCUT2D eigenvalue weighted by Gasteiger charge is 2.21. The number of carbonyl (C=O) groups is 1. The zero-order chi connectivity index (χ0) is 21.1. The van der Waals surface area contributed by atoms with Crippen molar-refractivity contribution in [3.05, 3.63) is 52.5 Å². The number of primary sulfonamides is 1. The van der Waals surface area contributed by atoms with Crippen molar-refractivity contribution in [1.82, 2.24) is 5.32 Å². The number of amides is 1. The Hall–Kier alpha value is -2.14. The predicted octanol–water partition coefficient (Wildman–Crippen LogP) is 1.37. The molecule has 1 amide bonds. The first-order chi connectivity index (χ1) is 12.9. The molecule has 0 fully saturated rings. The van der Waals surface area contributed by atoms with E-state index in [-0.39, 0.29) is 23.4 Å². The standard InChI is InChI=1S/C17H19ClN2O6S2/c1-26-14-5-4-12(18)10-13(14)17(21)20-8-7-11-3-6-15(27(2,22)23)16(9-11)28(19,24)25/h3-6,9-10H,7-8H2,1-2H3,(H,20,21)(H2,19,24,25). The number of hydrogen-bond donors (Lipinski definition) is 2. The monoisotopic (exact) mass is 446 g/mol. The zero-order valence-corrected chi connectivity index (χ0v) is 17.5. The van der Waals surface area contributed by atoms with E-state index in [1.807, 2.05) is 0 Å². The third-order valence-corrected chi connectivity index (χ3v) is 6.29. The van der Waals surface area contributed by atoms with E-state index in [1.54, 1.807) is 12.1 Å². The third kappa shape index (κ3) is 5.44. The number of sulfonamides is 1. The van der Waals surface area contributed by atoms with Gasteiger partial charge in [-0.25, -0.2) is 22.0 Å². The molecule has 2 rings (SSSR count). The van der Waals surface area contributed by atoms with Gasteiger partial charge in [-0.15, -0.1) is 0 Å². The van der Waals surface area contributed by atoms with Gasteiger partial charge in [-0.2, -0.15) is 0 Å². The summed E-state index contributed by atoms with van der Waals surface area (Å²) in [5.74, 6) is -0.0605. The summed E-state index contributed by atoms with van der Waals surface area (Å²) >= 11 is 5.91. The first-order valence-corrected chi connectivity index (χ1v) is 11.7. The first-order valence-electron chi connectivity index (χ1n) is 7.91. The highest BCUT2D eigenvalue weighted by Crippen LogP contribution is 2.23. The van der Waals surface area contributed by atoms with Gasteiger partial charge in [0.05, 0.1) is 17.6 Å². The number of ether oxygens (including phenoxy) is 1. The molecule has 3 N–H and O–H groups in total. The van der Waals surface area contributed by atoms with Crippen LogP contribution >= 0.6 is 11.6 Å². The molecule has 0 saturated carbocycles. The van der Waals surface area contributed by atoms with Crippen molar-refractivity contribution in [2.24, 2.45) is 5.14 Å². The van der Waals surface area contributed by atoms with E-state index in [4.69, 9.17) is 21.5 Å². The second-order valence-electron chi connectivity index (χ2n) is 5.95. The van der Waals surface area contributed by atoms with Crippen molar-refractivity contribution in [3.8, 4) is 5.75 Å². The summed E-state index contributed by atoms with van der Waals surface area (Å²) in [5, 5.41) is 8.18. The summed E-state index contributed by atoms with van der Waals surface area (Å²) in [6, 6.07) is 8.48. The molecule has 0 aliphatic rings. The number of sulfone groups is 1. The van der Waals surface area contributed by atoms with Crippen LogP contribution in [0, 0.1) is 0 Å². The van der Waals surface area contributed by atoms with Gasteiger partial charge in [0.25, 0.3) is 5.91 Å². The van der Waals surface area contributed by atoms with Crippen LogP contribution in [0.5, 0.6) is 5.75 Å². The number of carbonyl (C=O) groups excluding carboxylic acids is 1. The molecule has 2 aromatic rings. The Morgan fingerprint density at radius 3 is 2.36 bits per heavy atom. The van der Waals surface area contributed by atoms with Crippen LogP contribution in [0.4, 0.5) is 0 Å². The number of hydrogen-bond acceptors (Lipinski definition) is 6. The van der Waals surface area contributed by atoms with Crippen LogP contribution in [0.1, 0.15) is 15.9 Å². The van der Waals surface area contributed by atoms with Crippen LogP contribution in [0.15, 0.2) is 46.2 Å². The van der Waals surface area contributed by atoms with Crippen LogP contribution in [0.25, 0.3) is 0 Å². The lowest BCUT2D eigenvalue weighted by Gasteiger charge is -2.11. The molecule has 0 aliphatic heterocycles. The summed E-state index contributed by atoms with van der Waals surface area (Å²) in [4.78, 5) is 11.5. The lowest BCUT2D eigenvalue weighted by Crippen LogP contribution is -2.26. The van der Waals surface area contributed by atoms with Crippen LogP contribution in [0.2, 0.25) is 5.02 Å². The summed E-state index contributed by atoms with van der Waals surface area (Å²) < 4.78 is 52.1. The van der Waals surface area contributed by atoms with Crippen LogP contribution in [0.3, 0.4) is 0 Å². The van der Waals surface area contributed by atoms with Gasteiger partial charge in [-0.05, 0) is 42.3 Å². The number of benzene rings is 2. The Balaban J connectivity index is 2.18. The van der Waals surface area contributed by atoms with E-state index in [9.17, 15) is 21.6 Å². The number of nitrogens with two attached hydrogens (primary N) is 1. The molecule has 0 aromatic heterocycles. The van der Waals surface area contributed by atoms with Gasteiger partial charge in [0.1, 0.15) is 10.6 Å². The van der Waals surface area contributed by atoms with E-state index in [1.165, 1.54) is 31.4 Å². The average molecular weight is 447 g/mol. The molecular weight excluding hydrogens is 428 g/mol. The van der Waals surface area contributed by atoms with Gasteiger partial charge in [-0.1, -0.05) is 17.7 Å². The number of halogens is 1. The highest BCUT2D eigenvalue weighted by atomic mass is 35.5. The molecule has 0 saturated heterocycles. The molecule has 2 aromatic carbocycles. The molecule has 0 unspecified atom stereocenters. The Morgan fingerprint density at radius 1 is 1.11 bits per heavy atom. The maximum absolute atomic E-state index is 12.3. The molecule has 8 nitrogen and oxygen atoms in total. The van der Waals surface area contributed by atoms with Gasteiger partial charge in [0.15, 0.2) is 9.84 Å². The Bertz CT molecular complexity index is 1110. The summed E-state index contributed by atoms with van der Waals surface area (Å²) in [5.41, 5.74) is 0.752. The second kappa shape index (κ2) is 8.48. The van der Waals surface area contributed by atoms with Crippen molar-refractivity contribution in [2.45, 2.75) is 16.2 Å². The molecule has 28 heavy (non-hydrogen) atoms. The predicted molar refractivity (Wildman–Crippen MR) is 105 cm³/mol. The molecule has 11 heteroatoms. The lowest BCUT2D eigenvalue weighted by atomic mass is 10.1. The van der Waals surface area contributed by atoms with Crippen molar-refractivity contribution in [3.63, 3.8) is 0 Å². The normalized spacial score (nSPS) is 11.9. The van der Waals surface area contributed by atoms with E-state index < -0.39 is 30.7 Å². The Morgan fingerprint density at radius 2 is 1.79 bits per heavy atom. The van der Waals surface area contributed by atoms with Crippen molar-refractivity contribution >= 4 is 37.4 Å². The molecule has 152 valence electrons. The molecule has 0 spiro atoms. The fourth-order valence-electron chi connectivity index (χ4n) is 2.51. The molecule has 0 bridgehead atoms. The van der Waals surface area contributed by atoms with Crippen LogP contribution in [-0.4, -0.2) is 42.7 Å². The SMILES string of the molecule is COc1ccc(Cl)cc1C(=O)NCCc1ccc(S(C)(=O)=O)c(S(N)(=O)=O)c1. The largest absolute Gasteiger partial charge is 0.496 e. The molecule has 0 radical (unpaired) electrons. The summed E-state index contributed by atoms with van der Waals surface area (Å²) in [6.07, 6.45) is 1.15. The van der Waals surface area contributed by atoms with E-state index >= 15 is 0 Å². The molecular formula is C17H19ClN2O6S2. The smallest absolute Gasteiger partial charge is 0.255 e. The quantitative estimate of drug-likeness (QED) is 0.660. The third-order valence-electron chi connectivity index (χ3n) is 3.82. The molecule has 0 heterocycles. The summed E-state index contributed by atoms with van der Waals surface area (Å²) in [7, 11) is -6.58. The zero-order valence-electron chi connectivity index (χ0n) is 15.1. The first kappa shape index (κ1) is 22.2. The second-order valence-corrected chi connectivity index (χ2v) is 9.90. The van der Waals surface area contributed by atoms with Gasteiger partial charge in [0, 0.05) is 17.8 Å². The Labute approximate surface area is 168 Å². The number of nitrogens with one attached hydrogen (secondary N) is 1. The van der Waals surface area contributed by atoms with E-state index in [2.05, 4.69) is 5.32 Å². The van der Waals surface area contributed by atoms with E-state index in [0.717, 1.165) is 6.26 Å². The lowest BCUT2D eigenvalue weighted by molar-refractivity contribution is 0.0951. The minimum Gasteiger partial charge on any atom is -0.496 e. The van der Waals surface area contributed by atoms with Crippen LogP contribution in [-0.2, 0) is 26.3 Å². The minimum atomic E-state index is -4.23. The maximum Gasteiger partial charge on any atom is 0.255 e. The van der Waals surface area contributed by atoms with Crippen LogP contribution < -0.4 is 15.2 Å². The fourth-order valence-corrected chi connectivity index (χ4v) is 4.89. The van der Waals surface area contributed by atoms with Crippen molar-refractivity contribution in [1.29, 1.82) is 0 Å². The summed E-state index contributed by atoms with van der Waals surface area (Å²) in [6.45, 7) is 0.163. The minimum absolute atomic E-state index is 0.163. The maximum atomic E-state index is 12.3. The van der Waals surface area contributed by atoms with Gasteiger partial charge >= 0.3 is 0 Å². The number of methoxy groups -OCH3 is 1. The average Bonchev–Trinajstić information content (AvgIpc) is 2.59. The molecule has 0 atom stereocenters. The van der Waals surface area contributed by atoms with Crippen molar-refractivity contribution < 1.29 is 26.4 Å². The van der Waals surface area contributed by atoms with Crippen molar-refractivity contribution in [2.75, 3.05) is 19.9 Å².